The third-order valence-corrected chi connectivity index (χ3v) is 3.03. The van der Waals surface area contributed by atoms with Crippen LogP contribution in [0, 0.1) is 5.92 Å². The number of unbranched alkanes of at least 4 members (excludes halogenated alkanes) is 2. The molecule has 1 aliphatic carbocycles. The summed E-state index contributed by atoms with van der Waals surface area (Å²) in [6.07, 6.45) is 10.7. The van der Waals surface area contributed by atoms with E-state index in [4.69, 9.17) is 0 Å². The van der Waals surface area contributed by atoms with Gasteiger partial charge in [0.2, 0.25) is 0 Å². The molecule has 1 heteroatoms. The molecule has 16 heavy (non-hydrogen) atoms. The quantitative estimate of drug-likeness (QED) is 0.494. The summed E-state index contributed by atoms with van der Waals surface area (Å²) in [5, 5.41) is 0. The van der Waals surface area contributed by atoms with E-state index in [2.05, 4.69) is 32.9 Å². The van der Waals surface area contributed by atoms with Gasteiger partial charge < -0.3 is 0 Å². The maximum atomic E-state index is 12.0. The molecule has 0 aliphatic heterocycles. The molecule has 0 aromatic heterocycles. The van der Waals surface area contributed by atoms with Crippen molar-refractivity contribution in [3.63, 3.8) is 0 Å². The molecule has 1 aliphatic rings. The van der Waals surface area contributed by atoms with Crippen LogP contribution in [0.2, 0.25) is 0 Å². The fourth-order valence-corrected chi connectivity index (χ4v) is 1.95. The Bertz CT molecular complexity index is 295. The first kappa shape index (κ1) is 13.2. The maximum absolute atomic E-state index is 12.0. The summed E-state index contributed by atoms with van der Waals surface area (Å²) in [4.78, 5) is 12.0. The van der Waals surface area contributed by atoms with Crippen LogP contribution in [0.3, 0.4) is 0 Å². The number of allylic oxidation sites excluding steroid dienone is 4. The highest BCUT2D eigenvalue weighted by molar-refractivity contribution is 6.10. The van der Waals surface area contributed by atoms with E-state index in [1.165, 1.54) is 12.8 Å². The molecule has 0 heterocycles. The van der Waals surface area contributed by atoms with Gasteiger partial charge in [-0.3, -0.25) is 4.79 Å². The summed E-state index contributed by atoms with van der Waals surface area (Å²) in [5.41, 5.74) is 2.11. The largest absolute Gasteiger partial charge is 0.289 e. The van der Waals surface area contributed by atoms with Crippen molar-refractivity contribution in [2.75, 3.05) is 0 Å². The van der Waals surface area contributed by atoms with Gasteiger partial charge in [-0.25, -0.2) is 0 Å². The van der Waals surface area contributed by atoms with E-state index in [1.54, 1.807) is 0 Å². The van der Waals surface area contributed by atoms with Crippen LogP contribution in [0.15, 0.2) is 23.3 Å². The smallest absolute Gasteiger partial charge is 0.184 e. The average Bonchev–Trinajstić information content (AvgIpc) is 2.58. The van der Waals surface area contributed by atoms with E-state index >= 15 is 0 Å². The van der Waals surface area contributed by atoms with Crippen molar-refractivity contribution >= 4 is 5.78 Å². The highest BCUT2D eigenvalue weighted by Crippen LogP contribution is 2.27. The zero-order chi connectivity index (χ0) is 12.0. The van der Waals surface area contributed by atoms with Gasteiger partial charge in [0.15, 0.2) is 5.78 Å². The molecule has 90 valence electrons. The Morgan fingerprint density at radius 3 is 2.38 bits per heavy atom. The molecule has 0 radical (unpaired) electrons. The van der Waals surface area contributed by atoms with Crippen LogP contribution >= 0.6 is 0 Å². The Morgan fingerprint density at radius 2 is 1.81 bits per heavy atom. The molecular formula is C15H24O. The van der Waals surface area contributed by atoms with Gasteiger partial charge in [0, 0.05) is 0 Å². The standard InChI is InChI=1S/C15H24O/c1-4-5-6-7-13-10-11-14(15(13)16)9-8-12(2)3/h7,9,12H,4-6,8,10-11H2,1-3H3. The Morgan fingerprint density at radius 1 is 1.19 bits per heavy atom. The Kier molecular flexibility index (Phi) is 5.51. The molecule has 0 bridgehead atoms. The normalized spacial score (nSPS) is 21.6. The van der Waals surface area contributed by atoms with Crippen molar-refractivity contribution in [1.82, 2.24) is 0 Å². The molecule has 1 fully saturated rings. The molecule has 1 nitrogen and oxygen atoms in total. The van der Waals surface area contributed by atoms with Crippen LogP contribution in [0.1, 0.15) is 59.3 Å². The van der Waals surface area contributed by atoms with Gasteiger partial charge in [-0.1, -0.05) is 45.8 Å². The van der Waals surface area contributed by atoms with E-state index in [-0.39, 0.29) is 0 Å². The summed E-state index contributed by atoms with van der Waals surface area (Å²) in [6, 6.07) is 0. The minimum atomic E-state index is 0.316. The van der Waals surface area contributed by atoms with Crippen molar-refractivity contribution < 1.29 is 4.79 Å². The van der Waals surface area contributed by atoms with Gasteiger partial charge >= 0.3 is 0 Å². The van der Waals surface area contributed by atoms with Gasteiger partial charge in [-0.05, 0) is 42.7 Å². The zero-order valence-corrected chi connectivity index (χ0v) is 10.9. The SMILES string of the molecule is CCCCC=C1CCC(=CCC(C)C)C1=O. The molecule has 0 amide bonds. The van der Waals surface area contributed by atoms with Crippen LogP contribution in [0.5, 0.6) is 0 Å². The fraction of sp³-hybridized carbons (Fsp3) is 0.667. The molecule has 0 aromatic rings. The lowest BCUT2D eigenvalue weighted by molar-refractivity contribution is -0.111. The second kappa shape index (κ2) is 6.67. The van der Waals surface area contributed by atoms with Crippen LogP contribution in [-0.4, -0.2) is 5.78 Å². The van der Waals surface area contributed by atoms with Crippen LogP contribution in [0.4, 0.5) is 0 Å². The predicted molar refractivity (Wildman–Crippen MR) is 69.4 cm³/mol. The number of ketones is 1. The third-order valence-electron chi connectivity index (χ3n) is 3.03. The van der Waals surface area contributed by atoms with Crippen LogP contribution < -0.4 is 0 Å². The minimum Gasteiger partial charge on any atom is -0.289 e. The number of carbonyl (C=O) groups is 1. The Hall–Kier alpha value is -0.850. The van der Waals surface area contributed by atoms with Crippen LogP contribution in [0.25, 0.3) is 0 Å². The molecule has 0 unspecified atom stereocenters. The van der Waals surface area contributed by atoms with E-state index in [9.17, 15) is 4.79 Å². The van der Waals surface area contributed by atoms with Gasteiger partial charge in [0.1, 0.15) is 0 Å². The van der Waals surface area contributed by atoms with Gasteiger partial charge in [-0.2, -0.15) is 0 Å². The number of hydrogen-bond acceptors (Lipinski definition) is 1. The van der Waals surface area contributed by atoms with Crippen molar-refractivity contribution in [3.8, 4) is 0 Å². The average molecular weight is 220 g/mol. The molecule has 0 spiro atoms. The van der Waals surface area contributed by atoms with E-state index in [1.807, 2.05) is 0 Å². The summed E-state index contributed by atoms with van der Waals surface area (Å²) in [5.74, 6) is 0.963. The van der Waals surface area contributed by atoms with E-state index in [0.29, 0.717) is 11.7 Å². The van der Waals surface area contributed by atoms with Gasteiger partial charge in [-0.15, -0.1) is 0 Å². The first-order chi connectivity index (χ1) is 7.65. The lowest BCUT2D eigenvalue weighted by Gasteiger charge is -1.99. The third kappa shape index (κ3) is 3.96. The molecule has 0 aromatic carbocycles. The summed E-state index contributed by atoms with van der Waals surface area (Å²) < 4.78 is 0. The summed E-state index contributed by atoms with van der Waals surface area (Å²) in [6.45, 7) is 6.56. The second-order valence-corrected chi connectivity index (χ2v) is 5.06. The van der Waals surface area contributed by atoms with Crippen molar-refractivity contribution in [2.24, 2.45) is 5.92 Å². The second-order valence-electron chi connectivity index (χ2n) is 5.06. The monoisotopic (exact) mass is 220 g/mol. The van der Waals surface area contributed by atoms with E-state index in [0.717, 1.165) is 36.8 Å². The molecule has 1 rings (SSSR count). The predicted octanol–water partition coefficient (Wildman–Crippen LogP) is 4.44. The first-order valence-electron chi connectivity index (χ1n) is 6.58. The molecule has 0 N–H and O–H groups in total. The molecule has 0 atom stereocenters. The van der Waals surface area contributed by atoms with Crippen LogP contribution in [-0.2, 0) is 4.79 Å². The van der Waals surface area contributed by atoms with Crippen molar-refractivity contribution in [2.45, 2.75) is 59.3 Å². The fourth-order valence-electron chi connectivity index (χ4n) is 1.95. The number of hydrogen-bond donors (Lipinski definition) is 0. The highest BCUT2D eigenvalue weighted by atomic mass is 16.1. The summed E-state index contributed by atoms with van der Waals surface area (Å²) in [7, 11) is 0. The number of carbonyl (C=O) groups excluding carboxylic acids is 1. The number of Topliss-reactive ketones (excluding diaryl/α,β-unsaturated/α-hetero) is 1. The maximum Gasteiger partial charge on any atom is 0.184 e. The lowest BCUT2D eigenvalue weighted by Crippen LogP contribution is -1.96. The topological polar surface area (TPSA) is 17.1 Å². The molecule has 1 saturated carbocycles. The Balaban J connectivity index is 2.53. The molecule has 0 saturated heterocycles. The van der Waals surface area contributed by atoms with Gasteiger partial charge in [0.05, 0.1) is 0 Å². The Labute approximate surface area is 99.6 Å². The zero-order valence-electron chi connectivity index (χ0n) is 10.9. The minimum absolute atomic E-state index is 0.316. The molecular weight excluding hydrogens is 196 g/mol. The first-order valence-corrected chi connectivity index (χ1v) is 6.58. The van der Waals surface area contributed by atoms with Crippen molar-refractivity contribution in [3.05, 3.63) is 23.3 Å². The number of rotatable bonds is 5. The lowest BCUT2D eigenvalue weighted by atomic mass is 10.1. The van der Waals surface area contributed by atoms with Crippen molar-refractivity contribution in [1.29, 1.82) is 0 Å². The summed E-state index contributed by atoms with van der Waals surface area (Å²) >= 11 is 0. The highest BCUT2D eigenvalue weighted by Gasteiger charge is 2.21. The van der Waals surface area contributed by atoms with Gasteiger partial charge in [0.25, 0.3) is 0 Å². The van der Waals surface area contributed by atoms with E-state index < -0.39 is 0 Å².